The topological polar surface area (TPSA) is 84.9 Å². The van der Waals surface area contributed by atoms with E-state index in [1.165, 1.54) is 12.0 Å². The Morgan fingerprint density at radius 2 is 1.86 bits per heavy atom. The van der Waals surface area contributed by atoms with E-state index in [9.17, 15) is 14.4 Å². The third kappa shape index (κ3) is 6.53. The van der Waals surface area contributed by atoms with E-state index >= 15 is 0 Å². The number of aryl methyl sites for hydroxylation is 2. The molecular weight excluding hydrogens is 512 g/mol. The molecule has 9 heteroatoms. The Labute approximate surface area is 224 Å². The van der Waals surface area contributed by atoms with Gasteiger partial charge in [0.1, 0.15) is 0 Å². The molecule has 7 nitrogen and oxygen atoms in total. The van der Waals surface area contributed by atoms with E-state index in [2.05, 4.69) is 5.32 Å². The van der Waals surface area contributed by atoms with E-state index in [1.54, 1.807) is 42.5 Å². The molecule has 0 radical (unpaired) electrons. The van der Waals surface area contributed by atoms with Crippen molar-refractivity contribution in [3.05, 3.63) is 92.8 Å². The summed E-state index contributed by atoms with van der Waals surface area (Å²) in [5.74, 6) is 0.0989. The molecule has 0 aliphatic carbocycles. The van der Waals surface area contributed by atoms with Gasteiger partial charge in [-0.05, 0) is 84.3 Å². The van der Waals surface area contributed by atoms with Gasteiger partial charge in [0.25, 0.3) is 17.1 Å². The minimum absolute atomic E-state index is 0.142. The number of ether oxygens (including phenoxy) is 2. The maximum absolute atomic E-state index is 12.9. The number of halogens is 1. The van der Waals surface area contributed by atoms with Crippen LogP contribution in [0.5, 0.6) is 11.5 Å². The molecule has 1 heterocycles. The highest BCUT2D eigenvalue weighted by molar-refractivity contribution is 8.18. The van der Waals surface area contributed by atoms with Crippen molar-refractivity contribution in [1.82, 2.24) is 4.90 Å². The number of hydrogen-bond acceptors (Lipinski definition) is 6. The first kappa shape index (κ1) is 26.3. The number of thioether (sulfide) groups is 1. The Hall–Kier alpha value is -3.75. The predicted molar refractivity (Wildman–Crippen MR) is 146 cm³/mol. The van der Waals surface area contributed by atoms with Crippen molar-refractivity contribution in [1.29, 1.82) is 0 Å². The number of benzene rings is 3. The van der Waals surface area contributed by atoms with Crippen molar-refractivity contribution < 1.29 is 23.9 Å². The minimum Gasteiger partial charge on any atom is -0.493 e. The van der Waals surface area contributed by atoms with Crippen LogP contribution < -0.4 is 14.8 Å². The first-order valence-corrected chi connectivity index (χ1v) is 12.6. The number of anilines is 1. The summed E-state index contributed by atoms with van der Waals surface area (Å²) >= 11 is 6.89. The number of imide groups is 1. The van der Waals surface area contributed by atoms with Crippen LogP contribution in [0.1, 0.15) is 22.3 Å². The van der Waals surface area contributed by atoms with Crippen LogP contribution in [-0.4, -0.2) is 35.7 Å². The first-order valence-electron chi connectivity index (χ1n) is 11.4. The fraction of sp³-hybridized carbons (Fsp3) is 0.179. The number of nitrogens with zero attached hydrogens (tertiary/aromatic N) is 1. The molecular formula is C28H25ClN2O5S. The number of carbonyl (C=O) groups excluding carboxylic acids is 3. The second kappa shape index (κ2) is 11.5. The summed E-state index contributed by atoms with van der Waals surface area (Å²) in [4.78, 5) is 39.3. The second-order valence-electron chi connectivity index (χ2n) is 8.46. The fourth-order valence-corrected chi connectivity index (χ4v) is 4.75. The molecule has 3 amide bonds. The molecule has 0 atom stereocenters. The number of amides is 3. The molecule has 0 unspecified atom stereocenters. The lowest BCUT2D eigenvalue weighted by Gasteiger charge is -2.13. The molecule has 0 bridgehead atoms. The monoisotopic (exact) mass is 536 g/mol. The Morgan fingerprint density at radius 3 is 2.62 bits per heavy atom. The highest BCUT2D eigenvalue weighted by Crippen LogP contribution is 2.35. The minimum atomic E-state index is -0.377. The molecule has 3 aromatic rings. The maximum atomic E-state index is 12.9. The molecule has 0 saturated carbocycles. The zero-order valence-electron chi connectivity index (χ0n) is 20.5. The van der Waals surface area contributed by atoms with Gasteiger partial charge < -0.3 is 14.8 Å². The maximum Gasteiger partial charge on any atom is 0.293 e. The van der Waals surface area contributed by atoms with Gasteiger partial charge in [-0.25, -0.2) is 0 Å². The molecule has 4 rings (SSSR count). The average molecular weight is 537 g/mol. The second-order valence-corrected chi connectivity index (χ2v) is 9.89. The lowest BCUT2D eigenvalue weighted by Crippen LogP contribution is -2.27. The number of nitrogens with one attached hydrogen (secondary N) is 1. The van der Waals surface area contributed by atoms with E-state index in [-0.39, 0.29) is 30.2 Å². The van der Waals surface area contributed by atoms with Gasteiger partial charge in [0, 0.05) is 10.7 Å². The summed E-state index contributed by atoms with van der Waals surface area (Å²) in [5.41, 5.74) is 4.15. The fourth-order valence-electron chi connectivity index (χ4n) is 3.70. The standard InChI is InChI=1S/C28H25ClN2O5S/c1-17-7-8-18(2)22(11-17)30-26(32)16-36-23-10-9-19(13-24(23)35-3)14-25-27(33)31(28(34)37-25)15-20-5-4-6-21(29)12-20/h4-14H,15-16H2,1-3H3,(H,30,32)/b25-14-. The number of methoxy groups -OCH3 is 1. The number of carbonyl (C=O) groups is 3. The van der Waals surface area contributed by atoms with Crippen molar-refractivity contribution in [2.45, 2.75) is 20.4 Å². The van der Waals surface area contributed by atoms with Crippen molar-refractivity contribution in [2.24, 2.45) is 0 Å². The van der Waals surface area contributed by atoms with Gasteiger partial charge >= 0.3 is 0 Å². The SMILES string of the molecule is COc1cc(/C=C2\SC(=O)N(Cc3cccc(Cl)c3)C2=O)ccc1OCC(=O)Nc1cc(C)ccc1C. The van der Waals surface area contributed by atoms with Gasteiger partial charge in [0.2, 0.25) is 0 Å². The summed E-state index contributed by atoms with van der Waals surface area (Å²) in [6.45, 7) is 3.82. The summed E-state index contributed by atoms with van der Waals surface area (Å²) in [6.07, 6.45) is 1.63. The Morgan fingerprint density at radius 1 is 1.05 bits per heavy atom. The molecule has 1 aliphatic rings. The zero-order chi connectivity index (χ0) is 26.5. The van der Waals surface area contributed by atoms with Crippen molar-refractivity contribution in [2.75, 3.05) is 19.0 Å². The van der Waals surface area contributed by atoms with Gasteiger partial charge in [0.05, 0.1) is 18.6 Å². The van der Waals surface area contributed by atoms with Crippen LogP contribution in [-0.2, 0) is 16.1 Å². The third-order valence-corrected chi connectivity index (χ3v) is 6.76. The molecule has 1 aliphatic heterocycles. The highest BCUT2D eigenvalue weighted by Gasteiger charge is 2.35. The van der Waals surface area contributed by atoms with Crippen LogP contribution in [0.4, 0.5) is 10.5 Å². The summed E-state index contributed by atoms with van der Waals surface area (Å²) < 4.78 is 11.1. The van der Waals surface area contributed by atoms with E-state index in [1.807, 2.05) is 38.1 Å². The van der Waals surface area contributed by atoms with Gasteiger partial charge in [0.15, 0.2) is 18.1 Å². The Kier molecular flexibility index (Phi) is 8.21. The van der Waals surface area contributed by atoms with Gasteiger partial charge in [-0.1, -0.05) is 41.9 Å². The predicted octanol–water partition coefficient (Wildman–Crippen LogP) is 6.22. The Balaban J connectivity index is 1.42. The van der Waals surface area contributed by atoms with Gasteiger partial charge in [-0.3, -0.25) is 19.3 Å². The average Bonchev–Trinajstić information content (AvgIpc) is 3.12. The number of hydrogen-bond donors (Lipinski definition) is 1. The molecule has 3 aromatic carbocycles. The molecule has 0 aromatic heterocycles. The van der Waals surface area contributed by atoms with Crippen LogP contribution in [0.25, 0.3) is 6.08 Å². The highest BCUT2D eigenvalue weighted by atomic mass is 35.5. The van der Waals surface area contributed by atoms with Crippen molar-refractivity contribution in [3.63, 3.8) is 0 Å². The van der Waals surface area contributed by atoms with Crippen molar-refractivity contribution >= 4 is 52.2 Å². The van der Waals surface area contributed by atoms with E-state index < -0.39 is 0 Å². The lowest BCUT2D eigenvalue weighted by atomic mass is 10.1. The van der Waals surface area contributed by atoms with E-state index in [0.717, 1.165) is 34.1 Å². The van der Waals surface area contributed by atoms with Crippen molar-refractivity contribution in [3.8, 4) is 11.5 Å². The third-order valence-electron chi connectivity index (χ3n) is 5.61. The van der Waals surface area contributed by atoms with Crippen LogP contribution in [0.15, 0.2) is 65.6 Å². The van der Waals surface area contributed by atoms with Crippen LogP contribution >= 0.6 is 23.4 Å². The largest absolute Gasteiger partial charge is 0.493 e. The van der Waals surface area contributed by atoms with E-state index in [0.29, 0.717) is 27.0 Å². The molecule has 190 valence electrons. The van der Waals surface area contributed by atoms with E-state index in [4.69, 9.17) is 21.1 Å². The first-order chi connectivity index (χ1) is 17.7. The lowest BCUT2D eigenvalue weighted by molar-refractivity contribution is -0.123. The smallest absolute Gasteiger partial charge is 0.293 e. The van der Waals surface area contributed by atoms with Gasteiger partial charge in [-0.2, -0.15) is 0 Å². The van der Waals surface area contributed by atoms with Crippen LogP contribution in [0.2, 0.25) is 5.02 Å². The molecule has 1 saturated heterocycles. The zero-order valence-corrected chi connectivity index (χ0v) is 22.1. The van der Waals surface area contributed by atoms with Gasteiger partial charge in [-0.15, -0.1) is 0 Å². The molecule has 1 N–H and O–H groups in total. The molecule has 37 heavy (non-hydrogen) atoms. The number of rotatable bonds is 8. The van der Waals surface area contributed by atoms with Crippen LogP contribution in [0, 0.1) is 13.8 Å². The van der Waals surface area contributed by atoms with Crippen LogP contribution in [0.3, 0.4) is 0 Å². The normalized spacial score (nSPS) is 14.3. The summed E-state index contributed by atoms with van der Waals surface area (Å²) in [7, 11) is 1.49. The summed E-state index contributed by atoms with van der Waals surface area (Å²) in [6, 6.07) is 17.9. The quantitative estimate of drug-likeness (QED) is 0.344. The molecule has 0 spiro atoms. The Bertz CT molecular complexity index is 1410. The summed E-state index contributed by atoms with van der Waals surface area (Å²) in [5, 5.41) is 3.04. The molecule has 1 fully saturated rings.